The van der Waals surface area contributed by atoms with Crippen LogP contribution < -0.4 is 10.5 Å². The van der Waals surface area contributed by atoms with Gasteiger partial charge in [-0.2, -0.15) is 0 Å². The van der Waals surface area contributed by atoms with Gasteiger partial charge in [-0.05, 0) is 113 Å². The van der Waals surface area contributed by atoms with Gasteiger partial charge in [0, 0.05) is 25.7 Å². The molecule has 1 saturated carbocycles. The lowest BCUT2D eigenvalue weighted by atomic mass is 9.67. The van der Waals surface area contributed by atoms with Gasteiger partial charge in [0.15, 0.2) is 0 Å². The average Bonchev–Trinajstić information content (AvgIpc) is 2.90. The van der Waals surface area contributed by atoms with E-state index >= 15 is 0 Å². The maximum atomic E-state index is 14.2. The van der Waals surface area contributed by atoms with Crippen molar-refractivity contribution in [2.75, 3.05) is 39.3 Å². The minimum Gasteiger partial charge on any atom is -0.410 e. The highest BCUT2D eigenvalue weighted by atomic mass is 16.5. The minimum atomic E-state index is -0.802. The van der Waals surface area contributed by atoms with Crippen LogP contribution in [-0.4, -0.2) is 72.0 Å². The van der Waals surface area contributed by atoms with Gasteiger partial charge in [0.05, 0.1) is 5.41 Å². The molecule has 204 valence electrons. The molecule has 1 aliphatic carbocycles. The highest BCUT2D eigenvalue weighted by molar-refractivity contribution is 5.90. The molecule has 2 amide bonds. The minimum absolute atomic E-state index is 0.295. The third-order valence-electron chi connectivity index (χ3n) is 9.86. The number of benzene rings is 1. The van der Waals surface area contributed by atoms with Crippen molar-refractivity contribution in [3.63, 3.8) is 0 Å². The van der Waals surface area contributed by atoms with Gasteiger partial charge in [0.2, 0.25) is 5.91 Å². The van der Waals surface area contributed by atoms with Crippen molar-refractivity contribution in [2.24, 2.45) is 17.6 Å². The van der Waals surface area contributed by atoms with E-state index in [1.54, 1.807) is 0 Å². The summed E-state index contributed by atoms with van der Waals surface area (Å²) in [5.41, 5.74) is 7.04. The molecule has 3 aliphatic heterocycles. The number of rotatable bonds is 6. The summed E-state index contributed by atoms with van der Waals surface area (Å²) in [6.45, 7) is 11.2. The maximum Gasteiger partial charge on any atom is 0.409 e. The molecule has 5 rings (SSSR count). The Bertz CT molecular complexity index is 958. The SMILES string of the molecule is CC(C)C1CCC(N2CCC3(CC2)C(=O)N(CCN2CCCCC2)Cc2cc(OC(N)=O)ccc23)CC1. The molecule has 1 aromatic carbocycles. The Morgan fingerprint density at radius 1 is 1.03 bits per heavy atom. The largest absolute Gasteiger partial charge is 0.410 e. The molecule has 3 fully saturated rings. The van der Waals surface area contributed by atoms with Crippen LogP contribution in [-0.2, 0) is 16.8 Å². The Balaban J connectivity index is 1.33. The number of fused-ring (bicyclic) bond motifs is 2. The Kier molecular flexibility index (Phi) is 8.10. The number of carbonyl (C=O) groups excluding carboxylic acids is 2. The van der Waals surface area contributed by atoms with E-state index in [4.69, 9.17) is 10.5 Å². The summed E-state index contributed by atoms with van der Waals surface area (Å²) >= 11 is 0. The summed E-state index contributed by atoms with van der Waals surface area (Å²) in [7, 11) is 0. The monoisotopic (exact) mass is 510 g/mol. The Morgan fingerprint density at radius 2 is 1.73 bits per heavy atom. The number of carbonyl (C=O) groups is 2. The zero-order chi connectivity index (χ0) is 26.0. The molecule has 4 aliphatic rings. The highest BCUT2D eigenvalue weighted by Crippen LogP contribution is 2.45. The first-order valence-electron chi connectivity index (χ1n) is 14.7. The summed E-state index contributed by atoms with van der Waals surface area (Å²) in [5.74, 6) is 2.40. The second-order valence-electron chi connectivity index (χ2n) is 12.3. The van der Waals surface area contributed by atoms with E-state index < -0.39 is 11.5 Å². The molecular formula is C30H46N4O3. The molecule has 0 radical (unpaired) electrons. The molecule has 2 saturated heterocycles. The Labute approximate surface area is 222 Å². The van der Waals surface area contributed by atoms with Gasteiger partial charge in [0.25, 0.3) is 0 Å². The van der Waals surface area contributed by atoms with Crippen molar-refractivity contribution in [1.82, 2.24) is 14.7 Å². The van der Waals surface area contributed by atoms with E-state index in [1.165, 1.54) is 44.9 Å². The number of nitrogens with zero attached hydrogens (tertiary/aromatic N) is 3. The van der Waals surface area contributed by atoms with E-state index in [9.17, 15) is 9.59 Å². The zero-order valence-corrected chi connectivity index (χ0v) is 22.9. The third-order valence-corrected chi connectivity index (χ3v) is 9.86. The van der Waals surface area contributed by atoms with Crippen LogP contribution in [0.2, 0.25) is 0 Å². The molecule has 7 nitrogen and oxygen atoms in total. The molecular weight excluding hydrogens is 464 g/mol. The number of likely N-dealkylation sites (tertiary alicyclic amines) is 2. The van der Waals surface area contributed by atoms with Gasteiger partial charge in [-0.1, -0.05) is 26.3 Å². The smallest absolute Gasteiger partial charge is 0.409 e. The molecule has 1 spiro atoms. The van der Waals surface area contributed by atoms with Crippen molar-refractivity contribution in [3.8, 4) is 5.75 Å². The molecule has 2 N–H and O–H groups in total. The first-order valence-corrected chi connectivity index (χ1v) is 14.7. The average molecular weight is 511 g/mol. The summed E-state index contributed by atoms with van der Waals surface area (Å²) in [6.07, 6.45) is 9.98. The van der Waals surface area contributed by atoms with Gasteiger partial charge in [-0.25, -0.2) is 4.79 Å². The second kappa shape index (κ2) is 11.3. The number of amides is 2. The highest BCUT2D eigenvalue weighted by Gasteiger charge is 2.49. The lowest BCUT2D eigenvalue weighted by molar-refractivity contribution is -0.142. The van der Waals surface area contributed by atoms with Crippen LogP contribution in [0.4, 0.5) is 4.79 Å². The second-order valence-corrected chi connectivity index (χ2v) is 12.3. The standard InChI is InChI=1S/C30H46N4O3/c1-22(2)23-6-8-25(9-7-23)33-16-12-30(13-17-33)27-11-10-26(37-29(31)36)20-24(27)21-34(28(30)35)19-18-32-14-4-3-5-15-32/h10-11,20,22-23,25H,3-9,12-19,21H2,1-2H3,(H2,31,36). The summed E-state index contributed by atoms with van der Waals surface area (Å²) in [4.78, 5) is 32.8. The van der Waals surface area contributed by atoms with E-state index in [2.05, 4.69) is 28.5 Å². The molecule has 3 heterocycles. The van der Waals surface area contributed by atoms with Crippen LogP contribution in [0.1, 0.15) is 82.8 Å². The van der Waals surface area contributed by atoms with Crippen molar-refractivity contribution in [1.29, 1.82) is 0 Å². The van der Waals surface area contributed by atoms with Gasteiger partial charge in [-0.15, -0.1) is 0 Å². The van der Waals surface area contributed by atoms with E-state index in [1.807, 2.05) is 18.2 Å². The number of primary amides is 1. The van der Waals surface area contributed by atoms with Crippen LogP contribution in [0, 0.1) is 11.8 Å². The number of nitrogens with two attached hydrogens (primary N) is 1. The van der Waals surface area contributed by atoms with Crippen molar-refractivity contribution in [2.45, 2.75) is 89.6 Å². The quantitative estimate of drug-likeness (QED) is 0.609. The van der Waals surface area contributed by atoms with Crippen LogP contribution in [0.15, 0.2) is 18.2 Å². The number of hydrogen-bond donors (Lipinski definition) is 1. The predicted molar refractivity (Wildman–Crippen MR) is 145 cm³/mol. The fourth-order valence-corrected chi connectivity index (χ4v) is 7.56. The van der Waals surface area contributed by atoms with Crippen LogP contribution in [0.25, 0.3) is 0 Å². The lowest BCUT2D eigenvalue weighted by Gasteiger charge is -2.50. The van der Waals surface area contributed by atoms with Gasteiger partial charge < -0.3 is 25.2 Å². The fourth-order valence-electron chi connectivity index (χ4n) is 7.56. The number of ether oxygens (including phenoxy) is 1. The molecule has 1 aromatic rings. The Hall–Kier alpha value is -2.12. The molecule has 0 unspecified atom stereocenters. The molecule has 0 bridgehead atoms. The summed E-state index contributed by atoms with van der Waals surface area (Å²) < 4.78 is 5.21. The first-order chi connectivity index (χ1) is 17.9. The van der Waals surface area contributed by atoms with E-state index in [0.717, 1.165) is 75.1 Å². The van der Waals surface area contributed by atoms with Gasteiger partial charge in [-0.3, -0.25) is 4.79 Å². The number of piperidine rings is 2. The fraction of sp³-hybridized carbons (Fsp3) is 0.733. The molecule has 0 atom stereocenters. The van der Waals surface area contributed by atoms with Crippen LogP contribution in [0.3, 0.4) is 0 Å². The summed E-state index contributed by atoms with van der Waals surface area (Å²) in [5, 5.41) is 0. The maximum absolute atomic E-state index is 14.2. The first kappa shape index (κ1) is 26.5. The molecule has 37 heavy (non-hydrogen) atoms. The molecule has 7 heteroatoms. The Morgan fingerprint density at radius 3 is 2.38 bits per heavy atom. The summed E-state index contributed by atoms with van der Waals surface area (Å²) in [6, 6.07) is 6.42. The number of hydrogen-bond acceptors (Lipinski definition) is 5. The van der Waals surface area contributed by atoms with Crippen molar-refractivity contribution >= 4 is 12.0 Å². The van der Waals surface area contributed by atoms with Gasteiger partial charge in [0.1, 0.15) is 5.75 Å². The van der Waals surface area contributed by atoms with Gasteiger partial charge >= 0.3 is 6.09 Å². The van der Waals surface area contributed by atoms with Crippen LogP contribution in [0.5, 0.6) is 5.75 Å². The van der Waals surface area contributed by atoms with Crippen LogP contribution >= 0.6 is 0 Å². The lowest BCUT2D eigenvalue weighted by Crippen LogP contribution is -2.58. The third kappa shape index (κ3) is 5.68. The topological polar surface area (TPSA) is 79.1 Å². The van der Waals surface area contributed by atoms with E-state index in [-0.39, 0.29) is 0 Å². The molecule has 0 aromatic heterocycles. The predicted octanol–water partition coefficient (Wildman–Crippen LogP) is 4.52. The zero-order valence-electron chi connectivity index (χ0n) is 22.9. The van der Waals surface area contributed by atoms with Crippen molar-refractivity contribution in [3.05, 3.63) is 29.3 Å². The normalized spacial score (nSPS) is 26.9. The van der Waals surface area contributed by atoms with E-state index in [0.29, 0.717) is 24.2 Å². The van der Waals surface area contributed by atoms with Crippen molar-refractivity contribution < 1.29 is 14.3 Å².